The molecule has 0 atom stereocenters. The van der Waals surface area contributed by atoms with E-state index in [1.165, 1.54) is 11.8 Å². The van der Waals surface area contributed by atoms with Crippen molar-refractivity contribution >= 4 is 22.8 Å². The van der Waals surface area contributed by atoms with Gasteiger partial charge in [0.2, 0.25) is 0 Å². The summed E-state index contributed by atoms with van der Waals surface area (Å²) in [5.41, 5.74) is 8.42. The molecule has 0 amide bonds. The molecular formula is C14H14N4OS. The number of aromatic nitrogens is 3. The molecule has 0 aliphatic rings. The molecule has 0 radical (unpaired) electrons. The van der Waals surface area contributed by atoms with E-state index in [0.717, 1.165) is 32.5 Å². The minimum absolute atomic E-state index is 0.414. The van der Waals surface area contributed by atoms with E-state index in [4.69, 9.17) is 10.5 Å². The fraction of sp³-hybridized carbons (Fsp3) is 0.143. The van der Waals surface area contributed by atoms with Gasteiger partial charge in [0, 0.05) is 23.7 Å². The van der Waals surface area contributed by atoms with Gasteiger partial charge >= 0.3 is 0 Å². The predicted octanol–water partition coefficient (Wildman–Crippen LogP) is 2.58. The first kappa shape index (κ1) is 13.0. The zero-order chi connectivity index (χ0) is 13.9. The van der Waals surface area contributed by atoms with Gasteiger partial charge in [-0.05, 0) is 36.0 Å². The average molecular weight is 286 g/mol. The van der Waals surface area contributed by atoms with Gasteiger partial charge in [-0.2, -0.15) is 0 Å². The van der Waals surface area contributed by atoms with Crippen molar-refractivity contribution < 1.29 is 4.74 Å². The number of nitrogens with two attached hydrogens (primary N) is 1. The summed E-state index contributed by atoms with van der Waals surface area (Å²) in [7, 11) is 1.65. The topological polar surface area (TPSA) is 76.8 Å². The van der Waals surface area contributed by atoms with Crippen LogP contribution in [0.1, 0.15) is 5.69 Å². The van der Waals surface area contributed by atoms with E-state index in [9.17, 15) is 0 Å². The number of nitrogens with zero attached hydrogens (tertiary/aromatic N) is 2. The Morgan fingerprint density at radius 2 is 2.25 bits per heavy atom. The van der Waals surface area contributed by atoms with Crippen LogP contribution in [0.3, 0.4) is 0 Å². The number of rotatable bonds is 4. The van der Waals surface area contributed by atoms with Gasteiger partial charge in [-0.1, -0.05) is 0 Å². The number of H-pyrrole nitrogens is 1. The van der Waals surface area contributed by atoms with E-state index in [2.05, 4.69) is 15.0 Å². The number of hydrogen-bond donors (Lipinski definition) is 2. The Kier molecular flexibility index (Phi) is 3.58. The lowest BCUT2D eigenvalue weighted by Crippen LogP contribution is -2.00. The minimum Gasteiger partial charge on any atom is -0.497 e. The molecule has 102 valence electrons. The van der Waals surface area contributed by atoms with E-state index in [1.54, 1.807) is 13.3 Å². The maximum absolute atomic E-state index is 5.69. The molecule has 6 heteroatoms. The maximum atomic E-state index is 5.69. The van der Waals surface area contributed by atoms with E-state index < -0.39 is 0 Å². The standard InChI is InChI=1S/C14H14N4OS/c1-19-9-4-5-10-11(7-9)18-14(17-10)20-13-3-2-6-16-12(13)8-15/h2-7H,8,15H2,1H3,(H,17,18). The second kappa shape index (κ2) is 5.52. The van der Waals surface area contributed by atoms with Crippen LogP contribution in [-0.2, 0) is 6.54 Å². The molecular weight excluding hydrogens is 272 g/mol. The summed E-state index contributed by atoms with van der Waals surface area (Å²) in [6, 6.07) is 9.65. The fourth-order valence-electron chi connectivity index (χ4n) is 1.91. The van der Waals surface area contributed by atoms with Crippen LogP contribution in [0.5, 0.6) is 5.75 Å². The van der Waals surface area contributed by atoms with Crippen LogP contribution in [0.25, 0.3) is 11.0 Å². The highest BCUT2D eigenvalue weighted by Crippen LogP contribution is 2.29. The summed E-state index contributed by atoms with van der Waals surface area (Å²) in [6.07, 6.45) is 1.75. The molecule has 5 nitrogen and oxygen atoms in total. The van der Waals surface area contributed by atoms with Crippen molar-refractivity contribution in [3.8, 4) is 5.75 Å². The van der Waals surface area contributed by atoms with Crippen molar-refractivity contribution in [3.05, 3.63) is 42.2 Å². The molecule has 2 heterocycles. The fourth-order valence-corrected chi connectivity index (χ4v) is 2.83. The van der Waals surface area contributed by atoms with Crippen molar-refractivity contribution in [3.63, 3.8) is 0 Å². The second-order valence-electron chi connectivity index (χ2n) is 4.18. The lowest BCUT2D eigenvalue weighted by atomic mass is 10.3. The van der Waals surface area contributed by atoms with Gasteiger partial charge in [0.1, 0.15) is 5.75 Å². The van der Waals surface area contributed by atoms with Gasteiger partial charge in [0.25, 0.3) is 0 Å². The Hall–Kier alpha value is -2.05. The highest BCUT2D eigenvalue weighted by atomic mass is 32.2. The van der Waals surface area contributed by atoms with Gasteiger partial charge in [-0.25, -0.2) is 4.98 Å². The molecule has 3 aromatic rings. The van der Waals surface area contributed by atoms with Crippen LogP contribution in [0.2, 0.25) is 0 Å². The molecule has 2 aromatic heterocycles. The number of hydrogen-bond acceptors (Lipinski definition) is 5. The van der Waals surface area contributed by atoms with Crippen molar-refractivity contribution in [2.75, 3.05) is 7.11 Å². The largest absolute Gasteiger partial charge is 0.497 e. The highest BCUT2D eigenvalue weighted by Gasteiger charge is 2.08. The molecule has 0 bridgehead atoms. The number of pyridine rings is 1. The highest BCUT2D eigenvalue weighted by molar-refractivity contribution is 7.99. The number of ether oxygens (including phenoxy) is 1. The summed E-state index contributed by atoms with van der Waals surface area (Å²) in [4.78, 5) is 13.1. The quantitative estimate of drug-likeness (QED) is 0.771. The number of aromatic amines is 1. The normalized spacial score (nSPS) is 10.9. The average Bonchev–Trinajstić information content (AvgIpc) is 2.89. The third-order valence-corrected chi connectivity index (χ3v) is 3.89. The first-order valence-corrected chi connectivity index (χ1v) is 6.97. The summed E-state index contributed by atoms with van der Waals surface area (Å²) in [6.45, 7) is 0.414. The molecule has 0 aliphatic carbocycles. The third kappa shape index (κ3) is 2.48. The molecule has 0 unspecified atom stereocenters. The summed E-state index contributed by atoms with van der Waals surface area (Å²) >= 11 is 1.53. The monoisotopic (exact) mass is 286 g/mol. The zero-order valence-corrected chi connectivity index (χ0v) is 11.8. The summed E-state index contributed by atoms with van der Waals surface area (Å²) in [5, 5.41) is 0.816. The smallest absolute Gasteiger partial charge is 0.171 e. The molecule has 3 N–H and O–H groups in total. The van der Waals surface area contributed by atoms with Crippen LogP contribution >= 0.6 is 11.8 Å². The molecule has 0 aliphatic heterocycles. The van der Waals surface area contributed by atoms with Crippen LogP contribution in [0, 0.1) is 0 Å². The van der Waals surface area contributed by atoms with Crippen LogP contribution < -0.4 is 10.5 Å². The minimum atomic E-state index is 0.414. The Labute approximate surface area is 120 Å². The molecule has 0 saturated heterocycles. The molecule has 3 rings (SSSR count). The third-order valence-electron chi connectivity index (χ3n) is 2.92. The Bertz CT molecular complexity index is 741. The van der Waals surface area contributed by atoms with Crippen LogP contribution in [0.4, 0.5) is 0 Å². The number of fused-ring (bicyclic) bond motifs is 1. The first-order chi connectivity index (χ1) is 9.80. The molecule has 1 aromatic carbocycles. The Morgan fingerprint density at radius 3 is 3.05 bits per heavy atom. The van der Waals surface area contributed by atoms with Crippen molar-refractivity contribution in [1.82, 2.24) is 15.0 Å². The molecule has 0 fully saturated rings. The number of imidazole rings is 1. The van der Waals surface area contributed by atoms with Crippen molar-refractivity contribution in [2.24, 2.45) is 5.73 Å². The Balaban J connectivity index is 1.94. The van der Waals surface area contributed by atoms with Crippen LogP contribution in [0.15, 0.2) is 46.6 Å². The lowest BCUT2D eigenvalue weighted by molar-refractivity contribution is 0.415. The molecule has 0 spiro atoms. The van der Waals surface area contributed by atoms with Gasteiger partial charge < -0.3 is 15.5 Å². The van der Waals surface area contributed by atoms with Crippen molar-refractivity contribution in [1.29, 1.82) is 0 Å². The number of benzene rings is 1. The molecule has 20 heavy (non-hydrogen) atoms. The van der Waals surface area contributed by atoms with Gasteiger partial charge in [0.05, 0.1) is 23.8 Å². The maximum Gasteiger partial charge on any atom is 0.171 e. The van der Waals surface area contributed by atoms with E-state index in [0.29, 0.717) is 6.54 Å². The summed E-state index contributed by atoms with van der Waals surface area (Å²) in [5.74, 6) is 0.807. The van der Waals surface area contributed by atoms with Crippen molar-refractivity contribution in [2.45, 2.75) is 16.6 Å². The zero-order valence-electron chi connectivity index (χ0n) is 11.0. The van der Waals surface area contributed by atoms with Crippen LogP contribution in [-0.4, -0.2) is 22.1 Å². The predicted molar refractivity (Wildman–Crippen MR) is 78.9 cm³/mol. The number of methoxy groups -OCH3 is 1. The number of nitrogens with one attached hydrogen (secondary N) is 1. The second-order valence-corrected chi connectivity index (χ2v) is 5.21. The van der Waals surface area contributed by atoms with E-state index in [1.807, 2.05) is 30.3 Å². The van der Waals surface area contributed by atoms with Gasteiger partial charge in [-0.15, -0.1) is 0 Å². The molecule has 0 saturated carbocycles. The Morgan fingerprint density at radius 1 is 1.35 bits per heavy atom. The van der Waals surface area contributed by atoms with Gasteiger partial charge in [-0.3, -0.25) is 4.98 Å². The van der Waals surface area contributed by atoms with E-state index >= 15 is 0 Å². The summed E-state index contributed by atoms with van der Waals surface area (Å²) < 4.78 is 5.21. The SMILES string of the molecule is COc1ccc2nc(Sc3cccnc3CN)[nH]c2c1. The first-order valence-electron chi connectivity index (χ1n) is 6.15. The lowest BCUT2D eigenvalue weighted by Gasteiger charge is -2.03. The van der Waals surface area contributed by atoms with E-state index in [-0.39, 0.29) is 0 Å². The van der Waals surface area contributed by atoms with Gasteiger partial charge in [0.15, 0.2) is 5.16 Å².